The topological polar surface area (TPSA) is 52.5 Å². The van der Waals surface area contributed by atoms with E-state index in [0.29, 0.717) is 7.28 Å². The first-order valence-corrected chi connectivity index (χ1v) is 3.31. The Bertz CT molecular complexity index is 91.0. The second-order valence-electron chi connectivity index (χ2n) is 2.59. The van der Waals surface area contributed by atoms with E-state index in [1.54, 1.807) is 0 Å². The Kier molecular flexibility index (Phi) is 2.11. The van der Waals surface area contributed by atoms with Crippen molar-refractivity contribution in [2.75, 3.05) is 6.44 Å². The molecule has 0 aliphatic carbocycles. The predicted molar refractivity (Wildman–Crippen MR) is 36.6 cm³/mol. The molecule has 3 N–H and O–H groups in total. The van der Waals surface area contributed by atoms with Gasteiger partial charge in [-0.15, -0.1) is 0 Å². The molecule has 9 heavy (non-hydrogen) atoms. The lowest BCUT2D eigenvalue weighted by molar-refractivity contribution is 0.0358. The Morgan fingerprint density at radius 2 is 2.22 bits per heavy atom. The smallest absolute Gasteiger partial charge is 0.177 e. The zero-order chi connectivity index (χ0) is 6.85. The molecule has 0 aromatic carbocycles. The van der Waals surface area contributed by atoms with Crippen LogP contribution >= 0.6 is 0 Å². The summed E-state index contributed by atoms with van der Waals surface area (Å²) in [6.45, 7) is 1.87. The highest BCUT2D eigenvalue weighted by atomic mass is 16.3. The van der Waals surface area contributed by atoms with Crippen LogP contribution in [0, 0.1) is 0 Å². The van der Waals surface area contributed by atoms with E-state index in [4.69, 9.17) is 10.2 Å². The fourth-order valence-electron chi connectivity index (χ4n) is 1.08. The van der Waals surface area contributed by atoms with Crippen LogP contribution in [-0.4, -0.2) is 42.1 Å². The first kappa shape index (κ1) is 7.06. The lowest BCUT2D eigenvalue weighted by Gasteiger charge is -2.29. The summed E-state index contributed by atoms with van der Waals surface area (Å²) >= 11 is 0. The molecule has 1 rings (SSSR count). The third kappa shape index (κ3) is 1.44. The van der Waals surface area contributed by atoms with Crippen LogP contribution < -0.4 is 5.32 Å². The minimum Gasteiger partial charge on any atom is -0.399 e. The highest BCUT2D eigenvalue weighted by molar-refractivity contribution is 6.37. The predicted octanol–water partition coefficient (Wildman–Crippen LogP) is -1.95. The molecule has 3 nitrogen and oxygen atoms in total. The van der Waals surface area contributed by atoms with Crippen molar-refractivity contribution in [2.45, 2.75) is 25.1 Å². The molecule has 1 saturated heterocycles. The van der Waals surface area contributed by atoms with Crippen molar-refractivity contribution in [2.24, 2.45) is 0 Å². The second-order valence-corrected chi connectivity index (χ2v) is 2.59. The Balaban J connectivity index is 2.41. The van der Waals surface area contributed by atoms with Gasteiger partial charge in [0.2, 0.25) is 0 Å². The summed E-state index contributed by atoms with van der Waals surface area (Å²) in [4.78, 5) is 0. The summed E-state index contributed by atoms with van der Waals surface area (Å²) in [6.07, 6.45) is 0.220. The minimum absolute atomic E-state index is 0.0359. The molecule has 1 heterocycles. The van der Waals surface area contributed by atoms with E-state index in [2.05, 4.69) is 5.32 Å². The molecule has 0 spiro atoms. The second kappa shape index (κ2) is 2.69. The number of rotatable bonds is 0. The molecule has 0 saturated carbocycles. The van der Waals surface area contributed by atoms with Crippen molar-refractivity contribution in [1.29, 1.82) is 0 Å². The van der Waals surface area contributed by atoms with Gasteiger partial charge in [0, 0.05) is 6.04 Å². The summed E-state index contributed by atoms with van der Waals surface area (Å²) in [5.41, 5.74) is 0. The Morgan fingerprint density at radius 1 is 1.56 bits per heavy atom. The number of hydrogen-bond donors (Lipinski definition) is 3. The van der Waals surface area contributed by atoms with Crippen LogP contribution in [0.25, 0.3) is 0 Å². The van der Waals surface area contributed by atoms with Crippen LogP contribution in [0.4, 0.5) is 0 Å². The van der Waals surface area contributed by atoms with E-state index in [0.717, 1.165) is 6.44 Å². The molecule has 1 aliphatic rings. The molecular weight excluding hydrogens is 117 g/mol. The van der Waals surface area contributed by atoms with Gasteiger partial charge >= 0.3 is 0 Å². The number of nitrogens with one attached hydrogen (secondary N) is 1. The van der Waals surface area contributed by atoms with E-state index in [1.165, 1.54) is 0 Å². The average Bonchev–Trinajstić information content (AvgIpc) is 1.83. The van der Waals surface area contributed by atoms with E-state index in [-0.39, 0.29) is 6.04 Å². The Morgan fingerprint density at radius 3 is 2.67 bits per heavy atom. The SMILES string of the molecule is CC1NCB[C@@H](O)C1O. The zero-order valence-electron chi connectivity index (χ0n) is 5.54. The molecule has 1 aliphatic heterocycles. The average molecular weight is 129 g/mol. The number of aliphatic hydroxyl groups excluding tert-OH is 2. The first-order chi connectivity index (χ1) is 4.22. The van der Waals surface area contributed by atoms with Gasteiger partial charge in [-0.1, -0.05) is 0 Å². The van der Waals surface area contributed by atoms with Crippen molar-refractivity contribution < 1.29 is 10.2 Å². The highest BCUT2D eigenvalue weighted by Gasteiger charge is 2.27. The first-order valence-electron chi connectivity index (χ1n) is 3.31. The van der Waals surface area contributed by atoms with Crippen molar-refractivity contribution in [3.63, 3.8) is 0 Å². The number of hydrogen-bond acceptors (Lipinski definition) is 3. The maximum absolute atomic E-state index is 9.13. The molecular formula is C5H12BNO2. The normalized spacial score (nSPS) is 44.1. The third-order valence-corrected chi connectivity index (χ3v) is 1.81. The van der Waals surface area contributed by atoms with Gasteiger partial charge in [0.15, 0.2) is 7.28 Å². The van der Waals surface area contributed by atoms with Gasteiger partial charge in [-0.3, -0.25) is 0 Å². The fourth-order valence-corrected chi connectivity index (χ4v) is 1.08. The molecule has 2 unspecified atom stereocenters. The Hall–Kier alpha value is -0.0551. The standard InChI is InChI=1S/C5H12BNO2/c1-3-4(8)5(9)6-2-7-3/h3-9H,2H2,1H3/t3?,4?,5-/m0/s1. The molecule has 4 heteroatoms. The zero-order valence-corrected chi connectivity index (χ0v) is 5.54. The summed E-state index contributed by atoms with van der Waals surface area (Å²) < 4.78 is 0. The van der Waals surface area contributed by atoms with E-state index in [1.807, 2.05) is 6.92 Å². The monoisotopic (exact) mass is 129 g/mol. The Labute approximate surface area is 55.3 Å². The molecule has 0 amide bonds. The largest absolute Gasteiger partial charge is 0.399 e. The summed E-state index contributed by atoms with van der Waals surface area (Å²) in [6, 6.07) is -0.491. The lowest BCUT2D eigenvalue weighted by Crippen LogP contribution is -2.55. The van der Waals surface area contributed by atoms with Gasteiger partial charge in [-0.2, -0.15) is 0 Å². The van der Waals surface area contributed by atoms with E-state index < -0.39 is 12.1 Å². The van der Waals surface area contributed by atoms with E-state index >= 15 is 0 Å². The quantitative estimate of drug-likeness (QED) is 0.333. The van der Waals surface area contributed by atoms with E-state index in [9.17, 15) is 0 Å². The van der Waals surface area contributed by atoms with Crippen molar-refractivity contribution in [1.82, 2.24) is 5.32 Å². The summed E-state index contributed by atoms with van der Waals surface area (Å²) in [7, 11) is 0.658. The van der Waals surface area contributed by atoms with Crippen molar-refractivity contribution >= 4 is 7.28 Å². The molecule has 52 valence electrons. The van der Waals surface area contributed by atoms with Crippen LogP contribution in [0.15, 0.2) is 0 Å². The van der Waals surface area contributed by atoms with Gasteiger partial charge in [0.05, 0.1) is 12.1 Å². The van der Waals surface area contributed by atoms with Gasteiger partial charge in [-0.25, -0.2) is 0 Å². The summed E-state index contributed by atoms with van der Waals surface area (Å²) in [5.74, 6) is 0. The molecule has 0 bridgehead atoms. The lowest BCUT2D eigenvalue weighted by atomic mass is 9.65. The molecule has 1 fully saturated rings. The maximum Gasteiger partial charge on any atom is 0.177 e. The molecule has 0 aromatic rings. The van der Waals surface area contributed by atoms with Gasteiger partial charge < -0.3 is 15.5 Å². The van der Waals surface area contributed by atoms with Crippen LogP contribution in [-0.2, 0) is 0 Å². The third-order valence-electron chi connectivity index (χ3n) is 1.81. The van der Waals surface area contributed by atoms with Gasteiger partial charge in [0.25, 0.3) is 0 Å². The number of aliphatic hydroxyl groups is 2. The molecule has 0 aromatic heterocycles. The van der Waals surface area contributed by atoms with Gasteiger partial charge in [0.1, 0.15) is 0 Å². The summed E-state index contributed by atoms with van der Waals surface area (Å²) in [5, 5.41) is 21.2. The minimum atomic E-state index is -0.584. The maximum atomic E-state index is 9.13. The van der Waals surface area contributed by atoms with Crippen LogP contribution in [0.2, 0.25) is 0 Å². The van der Waals surface area contributed by atoms with Crippen LogP contribution in [0.5, 0.6) is 0 Å². The van der Waals surface area contributed by atoms with Crippen molar-refractivity contribution in [3.8, 4) is 0 Å². The fraction of sp³-hybridized carbons (Fsp3) is 1.00. The highest BCUT2D eigenvalue weighted by Crippen LogP contribution is 2.02. The van der Waals surface area contributed by atoms with Gasteiger partial charge in [-0.05, 0) is 13.4 Å². The van der Waals surface area contributed by atoms with Crippen LogP contribution in [0.3, 0.4) is 0 Å². The molecule has 0 radical (unpaired) electrons. The van der Waals surface area contributed by atoms with Crippen molar-refractivity contribution in [3.05, 3.63) is 0 Å². The van der Waals surface area contributed by atoms with Crippen LogP contribution in [0.1, 0.15) is 6.92 Å². The molecule has 3 atom stereocenters.